The van der Waals surface area contributed by atoms with Gasteiger partial charge in [0.1, 0.15) is 18.2 Å². The molecule has 0 saturated carbocycles. The van der Waals surface area contributed by atoms with E-state index in [1.54, 1.807) is 0 Å². The molecule has 5 nitrogen and oxygen atoms in total. The summed E-state index contributed by atoms with van der Waals surface area (Å²) in [4.78, 5) is 15.4. The summed E-state index contributed by atoms with van der Waals surface area (Å²) in [7, 11) is 0. The van der Waals surface area contributed by atoms with Crippen LogP contribution < -0.4 is 15.4 Å². The topological polar surface area (TPSA) is 79.3 Å². The van der Waals surface area contributed by atoms with Gasteiger partial charge in [-0.25, -0.2) is 0 Å². The lowest BCUT2D eigenvalue weighted by Crippen LogP contribution is -2.39. The summed E-state index contributed by atoms with van der Waals surface area (Å²) in [6.07, 6.45) is 1.98. The molecule has 0 fully saturated rings. The highest BCUT2D eigenvalue weighted by atomic mass is 127. The number of nitriles is 1. The lowest BCUT2D eigenvalue weighted by molar-refractivity contribution is -0.116. The van der Waals surface area contributed by atoms with Crippen LogP contribution in [0.4, 0.5) is 5.69 Å². The second-order valence-corrected chi connectivity index (χ2v) is 11.3. The second kappa shape index (κ2) is 10.7. The standard InChI is InChI=1S/C32H30IN3O2/c1-19-7-13-25(14-8-19)38-18-22-16-26(21(3)15-20(22)2)30-27(17-34)32(35)36(24-11-9-23(33)10-12-24)28-5-4-6-29(37)31(28)30/h7-16,30H,4-6,18,35H2,1-3H3. The Morgan fingerprint density at radius 3 is 2.42 bits per heavy atom. The Bertz CT molecular complexity index is 1510. The first-order valence-corrected chi connectivity index (χ1v) is 13.9. The molecular weight excluding hydrogens is 585 g/mol. The minimum Gasteiger partial charge on any atom is -0.489 e. The summed E-state index contributed by atoms with van der Waals surface area (Å²) in [5.74, 6) is 0.785. The van der Waals surface area contributed by atoms with Crippen molar-refractivity contribution in [3.63, 3.8) is 0 Å². The summed E-state index contributed by atoms with van der Waals surface area (Å²) in [5, 5.41) is 10.4. The fraction of sp³-hybridized carbons (Fsp3) is 0.250. The molecule has 6 heteroatoms. The van der Waals surface area contributed by atoms with E-state index in [1.165, 1.54) is 5.56 Å². The lowest BCUT2D eigenvalue weighted by Gasteiger charge is -2.40. The van der Waals surface area contributed by atoms with Gasteiger partial charge < -0.3 is 10.5 Å². The first-order chi connectivity index (χ1) is 18.3. The molecule has 0 radical (unpaired) electrons. The van der Waals surface area contributed by atoms with Crippen LogP contribution in [-0.4, -0.2) is 5.78 Å². The normalized spacial score (nSPS) is 17.4. The summed E-state index contributed by atoms with van der Waals surface area (Å²) < 4.78 is 7.21. The van der Waals surface area contributed by atoms with Crippen LogP contribution in [0.3, 0.4) is 0 Å². The van der Waals surface area contributed by atoms with Crippen molar-refractivity contribution in [2.75, 3.05) is 4.90 Å². The molecule has 1 aliphatic carbocycles. The summed E-state index contributed by atoms with van der Waals surface area (Å²) in [6.45, 7) is 6.54. The number of aryl methyl sites for hydroxylation is 3. The Balaban J connectivity index is 1.61. The number of Topliss-reactive ketones (excluding diaryl/α,β-unsaturated/α-hetero) is 1. The molecule has 0 spiro atoms. The van der Waals surface area contributed by atoms with Crippen molar-refractivity contribution in [2.45, 2.75) is 52.6 Å². The van der Waals surface area contributed by atoms with Crippen LogP contribution >= 0.6 is 22.6 Å². The predicted octanol–water partition coefficient (Wildman–Crippen LogP) is 7.10. The Morgan fingerprint density at radius 2 is 1.74 bits per heavy atom. The van der Waals surface area contributed by atoms with Gasteiger partial charge in [-0.1, -0.05) is 29.8 Å². The van der Waals surface area contributed by atoms with E-state index < -0.39 is 5.92 Å². The third-order valence-corrected chi connectivity index (χ3v) is 8.17. The molecule has 38 heavy (non-hydrogen) atoms. The van der Waals surface area contributed by atoms with E-state index in [0.29, 0.717) is 30.0 Å². The van der Waals surface area contributed by atoms with Crippen LogP contribution in [-0.2, 0) is 11.4 Å². The Labute approximate surface area is 237 Å². The molecule has 0 bridgehead atoms. The molecule has 1 atom stereocenters. The number of hydrogen-bond donors (Lipinski definition) is 1. The fourth-order valence-electron chi connectivity index (χ4n) is 5.46. The average Bonchev–Trinajstić information content (AvgIpc) is 2.90. The van der Waals surface area contributed by atoms with Crippen molar-refractivity contribution >= 4 is 34.1 Å². The molecule has 2 aliphatic rings. The van der Waals surface area contributed by atoms with Gasteiger partial charge in [0.05, 0.1) is 17.6 Å². The van der Waals surface area contributed by atoms with Crippen molar-refractivity contribution in [2.24, 2.45) is 5.73 Å². The number of nitrogens with two attached hydrogens (primary N) is 1. The van der Waals surface area contributed by atoms with Gasteiger partial charge >= 0.3 is 0 Å². The zero-order chi connectivity index (χ0) is 27.0. The Kier molecular flexibility index (Phi) is 7.31. The fourth-order valence-corrected chi connectivity index (χ4v) is 5.82. The van der Waals surface area contributed by atoms with E-state index in [0.717, 1.165) is 55.8 Å². The molecule has 192 valence electrons. The number of anilines is 1. The van der Waals surface area contributed by atoms with Gasteiger partial charge in [0.25, 0.3) is 0 Å². The zero-order valence-corrected chi connectivity index (χ0v) is 24.0. The average molecular weight is 616 g/mol. The van der Waals surface area contributed by atoms with Crippen molar-refractivity contribution in [3.05, 3.63) is 115 Å². The molecule has 0 saturated heterocycles. The van der Waals surface area contributed by atoms with Crippen LogP contribution in [0.5, 0.6) is 5.75 Å². The van der Waals surface area contributed by atoms with Crippen LogP contribution in [0, 0.1) is 35.7 Å². The first kappa shape index (κ1) is 26.1. The molecule has 1 aliphatic heterocycles. The number of hydrogen-bond acceptors (Lipinski definition) is 5. The van der Waals surface area contributed by atoms with Gasteiger partial charge in [-0.2, -0.15) is 5.26 Å². The largest absolute Gasteiger partial charge is 0.489 e. The maximum atomic E-state index is 13.5. The van der Waals surface area contributed by atoms with Gasteiger partial charge in [-0.05, 0) is 115 Å². The monoisotopic (exact) mass is 615 g/mol. The van der Waals surface area contributed by atoms with Crippen LogP contribution in [0.1, 0.15) is 53.0 Å². The molecule has 5 rings (SSSR count). The lowest BCUT2D eigenvalue weighted by atomic mass is 9.74. The summed E-state index contributed by atoms with van der Waals surface area (Å²) in [5.41, 5.74) is 14.9. The van der Waals surface area contributed by atoms with Crippen molar-refractivity contribution < 1.29 is 9.53 Å². The van der Waals surface area contributed by atoms with E-state index in [-0.39, 0.29) is 5.78 Å². The van der Waals surface area contributed by atoms with Crippen LogP contribution in [0.15, 0.2) is 83.3 Å². The van der Waals surface area contributed by atoms with Gasteiger partial charge in [0.15, 0.2) is 5.78 Å². The summed E-state index contributed by atoms with van der Waals surface area (Å²) >= 11 is 2.27. The SMILES string of the molecule is Cc1ccc(OCc2cc(C3C(C#N)=C(N)N(c4ccc(I)cc4)C4=C3C(=O)CCC4)c(C)cc2C)cc1. The maximum Gasteiger partial charge on any atom is 0.161 e. The van der Waals surface area contributed by atoms with Gasteiger partial charge in [-0.3, -0.25) is 9.69 Å². The third-order valence-electron chi connectivity index (χ3n) is 7.45. The highest BCUT2D eigenvalue weighted by Crippen LogP contribution is 2.47. The van der Waals surface area contributed by atoms with Gasteiger partial charge in [-0.15, -0.1) is 0 Å². The number of benzene rings is 3. The number of rotatable bonds is 5. The second-order valence-electron chi connectivity index (χ2n) is 10.0. The number of ether oxygens (including phenoxy) is 1. The predicted molar refractivity (Wildman–Crippen MR) is 159 cm³/mol. The number of carbonyl (C=O) groups excluding carboxylic acids is 1. The van der Waals surface area contributed by atoms with E-state index >= 15 is 0 Å². The number of nitrogens with zero attached hydrogens (tertiary/aromatic N) is 2. The van der Waals surface area contributed by atoms with Crippen LogP contribution in [0.2, 0.25) is 0 Å². The minimum atomic E-state index is -0.498. The number of allylic oxidation sites excluding steroid dienone is 3. The smallest absolute Gasteiger partial charge is 0.161 e. The van der Waals surface area contributed by atoms with Crippen molar-refractivity contribution in [3.8, 4) is 11.8 Å². The quantitative estimate of drug-likeness (QED) is 0.310. The first-order valence-electron chi connectivity index (χ1n) is 12.8. The highest BCUT2D eigenvalue weighted by Gasteiger charge is 2.41. The van der Waals surface area contributed by atoms with Crippen LogP contribution in [0.25, 0.3) is 0 Å². The highest BCUT2D eigenvalue weighted by molar-refractivity contribution is 14.1. The molecular formula is C32H30IN3O2. The van der Waals surface area contributed by atoms with Crippen molar-refractivity contribution in [1.29, 1.82) is 5.26 Å². The number of ketones is 1. The minimum absolute atomic E-state index is 0.0874. The maximum absolute atomic E-state index is 13.5. The molecule has 3 aromatic rings. The van der Waals surface area contributed by atoms with E-state index in [2.05, 4.69) is 47.7 Å². The molecule has 3 aromatic carbocycles. The Hall–Kier alpha value is -3.57. The van der Waals surface area contributed by atoms with E-state index in [9.17, 15) is 10.1 Å². The molecule has 2 N–H and O–H groups in total. The van der Waals surface area contributed by atoms with E-state index in [1.807, 2.05) is 67.3 Å². The number of carbonyl (C=O) groups is 1. The molecule has 0 amide bonds. The van der Waals surface area contributed by atoms with E-state index in [4.69, 9.17) is 10.5 Å². The molecule has 1 heterocycles. The Morgan fingerprint density at radius 1 is 1.03 bits per heavy atom. The van der Waals surface area contributed by atoms with Gasteiger partial charge in [0.2, 0.25) is 0 Å². The summed E-state index contributed by atoms with van der Waals surface area (Å²) in [6, 6.07) is 22.6. The molecule has 0 aromatic heterocycles. The van der Waals surface area contributed by atoms with Gasteiger partial charge in [0, 0.05) is 26.9 Å². The molecule has 1 unspecified atom stereocenters. The van der Waals surface area contributed by atoms with Crippen molar-refractivity contribution in [1.82, 2.24) is 0 Å². The number of halogens is 1. The third kappa shape index (κ3) is 4.83. The zero-order valence-electron chi connectivity index (χ0n) is 21.8.